The summed E-state index contributed by atoms with van der Waals surface area (Å²) in [6, 6.07) is 26.6. The third kappa shape index (κ3) is 31.1. The van der Waals surface area contributed by atoms with E-state index in [4.69, 9.17) is 5.73 Å². The fourth-order valence-electron chi connectivity index (χ4n) is 15.3. The van der Waals surface area contributed by atoms with Crippen LogP contribution in [0.3, 0.4) is 0 Å². The molecular weight excluding hydrogens is 1700 g/mol. The van der Waals surface area contributed by atoms with Crippen molar-refractivity contribution in [3.63, 3.8) is 0 Å². The number of nitrogens with two attached hydrogens (primary N) is 1. The monoisotopic (exact) mass is 1820 g/mol. The molecule has 16 amide bonds. The van der Waals surface area contributed by atoms with Gasteiger partial charge >= 0.3 is 5.97 Å². The Morgan fingerprint density at radius 1 is 0.447 bits per heavy atom. The summed E-state index contributed by atoms with van der Waals surface area (Å²) in [5, 5.41) is 57.7. The van der Waals surface area contributed by atoms with Gasteiger partial charge < -0.3 is 104 Å². The molecule has 0 saturated carbocycles. The number of H-pyrrole nitrogens is 1. The number of unbranched alkanes of at least 4 members (excludes halogenated alkanes) is 1. The van der Waals surface area contributed by atoms with Crippen molar-refractivity contribution < 1.29 is 96.8 Å². The van der Waals surface area contributed by atoms with Gasteiger partial charge in [-0.3, -0.25) is 81.5 Å². The lowest BCUT2D eigenvalue weighted by atomic mass is 9.98. The van der Waals surface area contributed by atoms with Crippen molar-refractivity contribution in [1.82, 2.24) is 82.7 Å². The van der Waals surface area contributed by atoms with Crippen LogP contribution in [0.15, 0.2) is 170 Å². The van der Waals surface area contributed by atoms with Gasteiger partial charge in [0, 0.05) is 97.3 Å². The predicted molar refractivity (Wildman–Crippen MR) is 487 cm³/mol. The molecule has 1 aliphatic heterocycles. The minimum atomic E-state index is -1.92. The first kappa shape index (κ1) is 103. The van der Waals surface area contributed by atoms with Gasteiger partial charge in [-0.15, -0.1) is 0 Å². The minimum Gasteiger partial charge on any atom is -0.508 e. The maximum atomic E-state index is 15.5. The maximum absolute atomic E-state index is 15.5. The number of benzene rings is 6. The zero-order chi connectivity index (χ0) is 96.6. The molecule has 132 heavy (non-hydrogen) atoms. The van der Waals surface area contributed by atoms with E-state index in [1.165, 1.54) is 83.8 Å². The van der Waals surface area contributed by atoms with E-state index in [1.807, 2.05) is 6.92 Å². The highest BCUT2D eigenvalue weighted by Gasteiger charge is 2.42. The van der Waals surface area contributed by atoms with Crippen LogP contribution in [0, 0.1) is 11.8 Å². The van der Waals surface area contributed by atoms with Gasteiger partial charge in [-0.1, -0.05) is 181 Å². The molecule has 1 fully saturated rings. The van der Waals surface area contributed by atoms with Crippen LogP contribution in [-0.4, -0.2) is 273 Å². The second-order valence-electron chi connectivity index (χ2n) is 33.9. The number of hydrogen-bond donors (Lipinski definition) is 15. The number of phenols is 2. The molecule has 1 saturated heterocycles. The van der Waals surface area contributed by atoms with E-state index in [-0.39, 0.29) is 68.8 Å². The Bertz CT molecular complexity index is 5200. The number of carboxylic acids is 1. The molecule has 6 aromatic carbocycles. The molecule has 37 nitrogen and oxygen atoms in total. The third-order valence-corrected chi connectivity index (χ3v) is 22.7. The second kappa shape index (κ2) is 49.9. The van der Waals surface area contributed by atoms with Crippen LogP contribution in [0.5, 0.6) is 11.5 Å². The first-order valence-corrected chi connectivity index (χ1v) is 43.7. The van der Waals surface area contributed by atoms with Crippen LogP contribution in [0.25, 0.3) is 10.9 Å². The molecule has 706 valence electrons. The smallest absolute Gasteiger partial charge is 0.305 e. The summed E-state index contributed by atoms with van der Waals surface area (Å²) in [5.41, 5.74) is 8.97. The van der Waals surface area contributed by atoms with E-state index >= 15 is 33.6 Å². The third-order valence-electron chi connectivity index (χ3n) is 22.7. The molecule has 7 aromatic rings. The Hall–Kier alpha value is -14.6. The van der Waals surface area contributed by atoms with Crippen LogP contribution < -0.4 is 58.9 Å². The van der Waals surface area contributed by atoms with Gasteiger partial charge in [0.25, 0.3) is 0 Å². The van der Waals surface area contributed by atoms with Crippen LogP contribution >= 0.6 is 0 Å². The zero-order valence-corrected chi connectivity index (χ0v) is 75.8. The number of para-hydroxylation sites is 1. The summed E-state index contributed by atoms with van der Waals surface area (Å²) in [7, 11) is 6.46. The number of amides is 16. The van der Waals surface area contributed by atoms with Gasteiger partial charge in [0.2, 0.25) is 94.5 Å². The summed E-state index contributed by atoms with van der Waals surface area (Å²) in [6.45, 7) is 5.26. The molecule has 0 spiro atoms. The van der Waals surface area contributed by atoms with Crippen molar-refractivity contribution in [2.45, 2.75) is 185 Å². The number of aliphatic carboxylic acids is 1. The molecule has 0 bridgehead atoms. The lowest BCUT2D eigenvalue weighted by Gasteiger charge is -2.37. The van der Waals surface area contributed by atoms with Gasteiger partial charge in [0.15, 0.2) is 0 Å². The fraction of sp³-hybridized carbons (Fsp3) is 0.421. The molecule has 8 rings (SSSR count). The van der Waals surface area contributed by atoms with Crippen molar-refractivity contribution in [3.05, 3.63) is 203 Å². The van der Waals surface area contributed by atoms with Crippen molar-refractivity contribution >= 4 is 111 Å². The number of carbonyl (C=O) groups is 17. The Labute approximate surface area is 765 Å². The number of carboxylic acid groups (broad SMARTS) is 1. The van der Waals surface area contributed by atoms with Gasteiger partial charge in [-0.25, -0.2) is 0 Å². The van der Waals surface area contributed by atoms with Crippen LogP contribution in [0.2, 0.25) is 0 Å². The zero-order valence-electron chi connectivity index (χ0n) is 75.8. The molecular formula is C95H121N17O20. The van der Waals surface area contributed by atoms with Crippen molar-refractivity contribution in [3.8, 4) is 11.5 Å². The number of primary amides is 1. The lowest BCUT2D eigenvalue weighted by molar-refractivity contribution is -0.151. The normalized spacial score (nSPS) is 21.8. The number of likely N-dealkylation sites (N-methyl/N-ethyl adjacent to an activating group) is 5. The number of hydrogen-bond acceptors (Lipinski definition) is 19. The highest BCUT2D eigenvalue weighted by Crippen LogP contribution is 2.25. The molecule has 0 unspecified atom stereocenters. The average Bonchev–Trinajstić information content (AvgIpc) is 1.51. The topological polar surface area (TPSA) is 529 Å². The van der Waals surface area contributed by atoms with Gasteiger partial charge in [-0.05, 0) is 94.8 Å². The highest BCUT2D eigenvalue weighted by molar-refractivity contribution is 6.01. The Morgan fingerprint density at radius 3 is 1.43 bits per heavy atom. The van der Waals surface area contributed by atoms with Crippen LogP contribution in [-0.2, 0) is 120 Å². The predicted octanol–water partition coefficient (Wildman–Crippen LogP) is 1.49. The molecule has 0 radical (unpaired) electrons. The van der Waals surface area contributed by atoms with E-state index in [0.29, 0.717) is 57.1 Å². The van der Waals surface area contributed by atoms with E-state index in [2.05, 4.69) is 58.2 Å². The second-order valence-corrected chi connectivity index (χ2v) is 33.9. The van der Waals surface area contributed by atoms with E-state index in [1.54, 1.807) is 149 Å². The number of carbonyl (C=O) groups excluding carboxylic acids is 16. The summed E-state index contributed by atoms with van der Waals surface area (Å²) in [5.74, 6) is -18.0. The number of nitrogens with one attached hydrogen (secondary N) is 11. The van der Waals surface area contributed by atoms with Gasteiger partial charge in [0.1, 0.15) is 78.0 Å². The van der Waals surface area contributed by atoms with Crippen molar-refractivity contribution in [1.29, 1.82) is 0 Å². The highest BCUT2D eigenvalue weighted by atomic mass is 16.4. The standard InChI is InChI=1S/C95H121N17O20/c1-11-12-32-75-93(130)109(7)55-82(119)101-72(50-83(120)121)89(126)107-84(57(4)5)95(132)111(9)76(47-59-26-18-14-19-27-59)90(127)106-73(46-62-35-39-65(114)40-36-62)91(128)108(6)54-81(118)100-71(49-63-51-97-67-31-23-22-30-66(63)67)88(125)105-70(44-61-33-37-64(113)38-34-61)87(124)104-69(43-56(2)3)86(123)103-68(85(122)99-52-78(96)115)41-42-79(116)98-53-80(117)102-74(45-58-24-16-13-17-25-58)92(129)112(10)77(94(131)110(75)8)48-60-28-20-15-21-29-60/h13-31,33-40,51,56-57,68-77,84,97,113-114H,11-12,32,41-50,52-55H2,1-10H3,(H2,96,115)(H,98,116)(H,99,122)(H,100,118)(H,101,119)(H,102,117)(H,103,123)(H,104,124)(H,105,125)(H,106,127)(H,107,126)(H,120,121)/t68-,69-,70-,71-,72-,73-,74-,75-,76-,77-,84-/m0/s1. The summed E-state index contributed by atoms with van der Waals surface area (Å²) < 4.78 is 0. The molecule has 16 N–H and O–H groups in total. The number of fused-ring (bicyclic) bond motifs is 1. The first-order chi connectivity index (χ1) is 62.8. The number of rotatable bonds is 23. The summed E-state index contributed by atoms with van der Waals surface area (Å²) >= 11 is 0. The molecule has 1 aliphatic rings. The Balaban J connectivity index is 1.20. The summed E-state index contributed by atoms with van der Waals surface area (Å²) in [6.07, 6.45) is -1.21. The van der Waals surface area contributed by atoms with E-state index < -0.39 is 218 Å². The van der Waals surface area contributed by atoms with Gasteiger partial charge in [-0.2, -0.15) is 0 Å². The molecule has 11 atom stereocenters. The number of aromatic amines is 1. The number of aromatic hydroxyl groups is 2. The Kier molecular flexibility index (Phi) is 38.8. The van der Waals surface area contributed by atoms with Crippen molar-refractivity contribution in [2.24, 2.45) is 17.6 Å². The molecule has 0 aliphatic carbocycles. The lowest BCUT2D eigenvalue weighted by Crippen LogP contribution is -2.61. The number of aromatic nitrogens is 1. The molecule has 2 heterocycles. The van der Waals surface area contributed by atoms with Crippen molar-refractivity contribution in [2.75, 3.05) is 61.4 Å². The molecule has 37 heteroatoms. The van der Waals surface area contributed by atoms with Crippen LogP contribution in [0.4, 0.5) is 0 Å². The quantitative estimate of drug-likeness (QED) is 0.0431. The minimum absolute atomic E-state index is 0.0174. The first-order valence-electron chi connectivity index (χ1n) is 43.7. The Morgan fingerprint density at radius 2 is 0.894 bits per heavy atom. The molecule has 1 aromatic heterocycles. The number of phenolic OH excluding ortho intramolecular Hbond substituents is 2. The van der Waals surface area contributed by atoms with E-state index in [9.17, 15) is 63.3 Å². The van der Waals surface area contributed by atoms with Gasteiger partial charge in [0.05, 0.1) is 32.6 Å². The largest absolute Gasteiger partial charge is 0.508 e. The van der Waals surface area contributed by atoms with E-state index in [0.717, 1.165) is 24.5 Å². The fourth-order valence-corrected chi connectivity index (χ4v) is 15.3. The number of nitrogens with zero attached hydrogens (tertiary/aromatic N) is 5. The van der Waals surface area contributed by atoms with Crippen LogP contribution in [0.1, 0.15) is 113 Å². The maximum Gasteiger partial charge on any atom is 0.305 e. The average molecular weight is 1820 g/mol. The summed E-state index contributed by atoms with van der Waals surface area (Å²) in [4.78, 5) is 257. The SMILES string of the molecule is CCCC[C@H]1C(=O)N(C)CC(=O)N[C@@H](CC(=O)O)C(=O)N[C@@H](C(C)C)C(=O)N(C)[C@@H](Cc2ccccc2)C(=O)N[C@@H](Cc2ccc(O)cc2)C(=O)N(C)CC(=O)N[C@@H](Cc2c[nH]c3ccccc23)C(=O)N[C@@H](Cc2ccc(O)cc2)C(=O)N[C@@H](CC(C)C)C(=O)N[C@H](C(=O)NCC(N)=O)CCC(=O)NCC(=O)N[C@@H](Cc2ccccc2)C(=O)N(C)[C@@H](Cc2ccccc2)C(=O)N1C.